The van der Waals surface area contributed by atoms with Crippen molar-refractivity contribution in [2.24, 2.45) is 5.10 Å². The van der Waals surface area contributed by atoms with Crippen LogP contribution in [0.15, 0.2) is 87.7 Å². The van der Waals surface area contributed by atoms with Gasteiger partial charge >= 0.3 is 0 Å². The van der Waals surface area contributed by atoms with E-state index in [1.165, 1.54) is 23.0 Å². The zero-order valence-corrected chi connectivity index (χ0v) is 19.5. The Morgan fingerprint density at radius 3 is 2.44 bits per heavy atom. The van der Waals surface area contributed by atoms with E-state index >= 15 is 0 Å². The Kier molecular flexibility index (Phi) is 5.43. The van der Waals surface area contributed by atoms with Crippen molar-refractivity contribution in [2.75, 3.05) is 12.8 Å². The lowest BCUT2D eigenvalue weighted by molar-refractivity contribution is 0.414. The third-order valence-electron chi connectivity index (χ3n) is 5.25. The Balaban J connectivity index is 1.80. The monoisotopic (exact) mass is 491 g/mol. The van der Waals surface area contributed by atoms with E-state index in [2.05, 4.69) is 15.1 Å². The maximum Gasteiger partial charge on any atom is 0.212 e. The molecule has 0 spiro atoms. The van der Waals surface area contributed by atoms with E-state index in [1.807, 2.05) is 24.3 Å². The van der Waals surface area contributed by atoms with Crippen LogP contribution in [-0.4, -0.2) is 36.4 Å². The highest BCUT2D eigenvalue weighted by Gasteiger charge is 2.30. The SMILES string of the molecule is COc1ccccc1/C=N/n1c(N)c(S(=O)(=O)c2cccc(Cl)c2)c2nc3ccccc3nc21. The second kappa shape index (κ2) is 8.44. The summed E-state index contributed by atoms with van der Waals surface area (Å²) in [6.45, 7) is 0. The third kappa shape index (κ3) is 3.64. The Labute approximate surface area is 200 Å². The molecule has 0 aliphatic rings. The molecule has 0 aliphatic heterocycles. The lowest BCUT2D eigenvalue weighted by atomic mass is 10.2. The Morgan fingerprint density at radius 2 is 1.71 bits per heavy atom. The highest BCUT2D eigenvalue weighted by atomic mass is 35.5. The number of hydrogen-bond donors (Lipinski definition) is 1. The molecule has 0 bridgehead atoms. The summed E-state index contributed by atoms with van der Waals surface area (Å²) in [5.41, 5.74) is 8.52. The number of nitrogen functional groups attached to an aromatic ring is 1. The molecule has 0 unspecified atom stereocenters. The van der Waals surface area contributed by atoms with Crippen LogP contribution in [0.2, 0.25) is 5.02 Å². The predicted molar refractivity (Wildman–Crippen MR) is 132 cm³/mol. The van der Waals surface area contributed by atoms with Crippen molar-refractivity contribution in [3.8, 4) is 5.75 Å². The molecule has 0 saturated carbocycles. The van der Waals surface area contributed by atoms with E-state index in [4.69, 9.17) is 22.1 Å². The van der Waals surface area contributed by atoms with Gasteiger partial charge in [-0.3, -0.25) is 0 Å². The van der Waals surface area contributed by atoms with E-state index < -0.39 is 9.84 Å². The first-order valence-corrected chi connectivity index (χ1v) is 12.0. The van der Waals surface area contributed by atoms with Crippen LogP contribution in [0.3, 0.4) is 0 Å². The lowest BCUT2D eigenvalue weighted by Crippen LogP contribution is -2.06. The molecule has 34 heavy (non-hydrogen) atoms. The maximum absolute atomic E-state index is 13.7. The maximum atomic E-state index is 13.7. The van der Waals surface area contributed by atoms with Crippen LogP contribution < -0.4 is 10.5 Å². The summed E-state index contributed by atoms with van der Waals surface area (Å²) < 4.78 is 34.0. The van der Waals surface area contributed by atoms with E-state index in [0.717, 1.165) is 0 Å². The summed E-state index contributed by atoms with van der Waals surface area (Å²) >= 11 is 6.06. The fraction of sp³-hybridized carbons (Fsp3) is 0.0417. The molecule has 0 atom stereocenters. The summed E-state index contributed by atoms with van der Waals surface area (Å²) in [7, 11) is -2.54. The molecule has 10 heteroatoms. The fourth-order valence-corrected chi connectivity index (χ4v) is 5.43. The molecule has 0 fully saturated rings. The van der Waals surface area contributed by atoms with Gasteiger partial charge in [-0.25, -0.2) is 18.4 Å². The molecule has 3 aromatic carbocycles. The van der Waals surface area contributed by atoms with Gasteiger partial charge in [0.15, 0.2) is 5.65 Å². The van der Waals surface area contributed by atoms with Crippen LogP contribution in [0.1, 0.15) is 5.56 Å². The standard InChI is InChI=1S/C24H18ClN5O3S/c1-33-20-12-5-2-7-15(20)14-27-30-23(26)22(34(31,32)17-9-6-8-16(25)13-17)21-24(30)29-19-11-4-3-10-18(19)28-21/h2-14H,26H2,1H3/b27-14+. The molecular weight excluding hydrogens is 474 g/mol. The average Bonchev–Trinajstić information content (AvgIpc) is 3.12. The number of nitrogens with two attached hydrogens (primary N) is 1. The molecule has 0 aliphatic carbocycles. The zero-order valence-electron chi connectivity index (χ0n) is 17.9. The van der Waals surface area contributed by atoms with Crippen LogP contribution in [0.4, 0.5) is 5.82 Å². The van der Waals surface area contributed by atoms with Gasteiger partial charge in [0.2, 0.25) is 9.84 Å². The fourth-order valence-electron chi connectivity index (χ4n) is 3.65. The third-order valence-corrected chi connectivity index (χ3v) is 7.30. The van der Waals surface area contributed by atoms with Gasteiger partial charge in [0.05, 0.1) is 29.3 Å². The van der Waals surface area contributed by atoms with Gasteiger partial charge in [0.1, 0.15) is 22.0 Å². The number of methoxy groups -OCH3 is 1. The van der Waals surface area contributed by atoms with E-state index in [9.17, 15) is 8.42 Å². The van der Waals surface area contributed by atoms with Crippen LogP contribution >= 0.6 is 11.6 Å². The molecule has 0 radical (unpaired) electrons. The highest BCUT2D eigenvalue weighted by molar-refractivity contribution is 7.92. The topological polar surface area (TPSA) is 112 Å². The number of para-hydroxylation sites is 3. The van der Waals surface area contributed by atoms with Gasteiger partial charge in [-0.1, -0.05) is 41.9 Å². The number of ether oxygens (including phenoxy) is 1. The first kappa shape index (κ1) is 21.9. The molecule has 170 valence electrons. The van der Waals surface area contributed by atoms with Crippen molar-refractivity contribution in [3.05, 3.63) is 83.4 Å². The highest BCUT2D eigenvalue weighted by Crippen LogP contribution is 2.35. The summed E-state index contributed by atoms with van der Waals surface area (Å²) in [5, 5.41) is 4.74. The van der Waals surface area contributed by atoms with Crippen LogP contribution in [-0.2, 0) is 9.84 Å². The van der Waals surface area contributed by atoms with E-state index in [-0.39, 0.29) is 31.8 Å². The van der Waals surface area contributed by atoms with Crippen molar-refractivity contribution in [1.29, 1.82) is 0 Å². The predicted octanol–water partition coefficient (Wildman–Crippen LogP) is 4.54. The summed E-state index contributed by atoms with van der Waals surface area (Å²) in [5.74, 6) is 0.487. The van der Waals surface area contributed by atoms with Gasteiger partial charge in [0.25, 0.3) is 0 Å². The van der Waals surface area contributed by atoms with Crippen molar-refractivity contribution in [1.82, 2.24) is 14.6 Å². The van der Waals surface area contributed by atoms with Crippen molar-refractivity contribution >= 4 is 55.7 Å². The number of benzene rings is 3. The molecule has 8 nitrogen and oxygen atoms in total. The minimum absolute atomic E-state index is 0.00517. The van der Waals surface area contributed by atoms with Gasteiger partial charge in [-0.05, 0) is 42.5 Å². The minimum atomic E-state index is -4.09. The lowest BCUT2D eigenvalue weighted by Gasteiger charge is -2.06. The Morgan fingerprint density at radius 1 is 1.00 bits per heavy atom. The quantitative estimate of drug-likeness (QED) is 0.361. The van der Waals surface area contributed by atoms with Gasteiger partial charge < -0.3 is 10.5 Å². The summed E-state index contributed by atoms with van der Waals surface area (Å²) in [6.07, 6.45) is 1.53. The molecule has 5 rings (SSSR count). The number of halogens is 1. The van der Waals surface area contributed by atoms with Crippen LogP contribution in [0.25, 0.3) is 22.2 Å². The van der Waals surface area contributed by atoms with Crippen molar-refractivity contribution in [2.45, 2.75) is 9.79 Å². The van der Waals surface area contributed by atoms with Crippen molar-refractivity contribution in [3.63, 3.8) is 0 Å². The summed E-state index contributed by atoms with van der Waals surface area (Å²) in [6, 6.07) is 20.4. The number of nitrogens with zero attached hydrogens (tertiary/aromatic N) is 4. The second-order valence-electron chi connectivity index (χ2n) is 7.36. The van der Waals surface area contributed by atoms with Gasteiger partial charge in [-0.2, -0.15) is 9.78 Å². The number of sulfone groups is 1. The zero-order chi connectivity index (χ0) is 23.9. The minimum Gasteiger partial charge on any atom is -0.496 e. The van der Waals surface area contributed by atoms with Crippen molar-refractivity contribution < 1.29 is 13.2 Å². The van der Waals surface area contributed by atoms with Gasteiger partial charge in [-0.15, -0.1) is 0 Å². The van der Waals surface area contributed by atoms with Crippen LogP contribution in [0.5, 0.6) is 5.75 Å². The van der Waals surface area contributed by atoms with Gasteiger partial charge in [0, 0.05) is 10.6 Å². The number of hydrogen-bond acceptors (Lipinski definition) is 7. The first-order chi connectivity index (χ1) is 16.4. The van der Waals surface area contributed by atoms with E-state index in [0.29, 0.717) is 22.3 Å². The molecule has 2 heterocycles. The number of rotatable bonds is 5. The Bertz CT molecular complexity index is 1700. The molecule has 2 N–H and O–H groups in total. The van der Waals surface area contributed by atoms with Crippen LogP contribution in [0, 0.1) is 0 Å². The summed E-state index contributed by atoms with van der Waals surface area (Å²) in [4.78, 5) is 9.03. The number of aromatic nitrogens is 3. The number of anilines is 1. The molecule has 0 saturated heterocycles. The molecule has 5 aromatic rings. The molecular formula is C24H18ClN5O3S. The Hall–Kier alpha value is -3.95. The molecule has 2 aromatic heterocycles. The normalized spacial score (nSPS) is 12.1. The molecule has 0 amide bonds. The van der Waals surface area contributed by atoms with E-state index in [1.54, 1.807) is 43.5 Å². The smallest absolute Gasteiger partial charge is 0.212 e. The largest absolute Gasteiger partial charge is 0.496 e. The average molecular weight is 492 g/mol. The first-order valence-electron chi connectivity index (χ1n) is 10.1. The second-order valence-corrected chi connectivity index (χ2v) is 9.68. The number of fused-ring (bicyclic) bond motifs is 2.